The number of Topliss-reactive ketones (excluding diaryl/α,β-unsaturated/α-hetero) is 1. The van der Waals surface area contributed by atoms with E-state index in [1.165, 1.54) is 0 Å². The van der Waals surface area contributed by atoms with Gasteiger partial charge in [-0.25, -0.2) is 0 Å². The molecule has 1 saturated heterocycles. The average Bonchev–Trinajstić information content (AvgIpc) is 3.05. The van der Waals surface area contributed by atoms with Gasteiger partial charge in [0, 0.05) is 41.9 Å². The van der Waals surface area contributed by atoms with E-state index in [2.05, 4.69) is 29.4 Å². The van der Waals surface area contributed by atoms with Gasteiger partial charge in [0.05, 0.1) is 12.0 Å². The predicted molar refractivity (Wildman–Crippen MR) is 99.7 cm³/mol. The topological polar surface area (TPSA) is 74.1 Å². The predicted octanol–water partition coefficient (Wildman–Crippen LogP) is 3.05. The number of fused-ring (bicyclic) bond motifs is 2. The van der Waals surface area contributed by atoms with Crippen molar-refractivity contribution >= 4 is 11.7 Å². The minimum Gasteiger partial charge on any atom is -0.342 e. The van der Waals surface area contributed by atoms with Gasteiger partial charge < -0.3 is 10.2 Å². The van der Waals surface area contributed by atoms with Crippen molar-refractivity contribution in [2.45, 2.75) is 26.7 Å². The molecule has 1 fully saturated rings. The van der Waals surface area contributed by atoms with E-state index in [4.69, 9.17) is 0 Å². The summed E-state index contributed by atoms with van der Waals surface area (Å²) in [4.78, 5) is 27.8. The number of nitrogens with zero attached hydrogens (tertiary/aromatic N) is 3. The average molecular weight is 362 g/mol. The molecule has 0 aromatic heterocycles. The van der Waals surface area contributed by atoms with Crippen molar-refractivity contribution < 1.29 is 9.59 Å². The maximum atomic E-state index is 13.1. The molecule has 138 valence electrons. The Hall–Kier alpha value is -2.76. The first-order valence-electron chi connectivity index (χ1n) is 9.39. The van der Waals surface area contributed by atoms with Crippen molar-refractivity contribution in [3.63, 3.8) is 0 Å². The fourth-order valence-corrected chi connectivity index (χ4v) is 4.93. The van der Waals surface area contributed by atoms with Crippen molar-refractivity contribution in [3.8, 4) is 0 Å². The fourth-order valence-electron chi connectivity index (χ4n) is 4.93. The lowest BCUT2D eigenvalue weighted by Crippen LogP contribution is -2.63. The van der Waals surface area contributed by atoms with E-state index < -0.39 is 5.41 Å². The van der Waals surface area contributed by atoms with Gasteiger partial charge >= 0.3 is 0 Å². The first kappa shape index (κ1) is 16.4. The minimum atomic E-state index is -0.419. The van der Waals surface area contributed by atoms with Gasteiger partial charge in [-0.1, -0.05) is 32.0 Å². The van der Waals surface area contributed by atoms with Gasteiger partial charge in [-0.05, 0) is 24.0 Å². The molecule has 0 saturated carbocycles. The van der Waals surface area contributed by atoms with Crippen molar-refractivity contribution in [2.24, 2.45) is 21.1 Å². The number of hydrogen-bond acceptors (Lipinski definition) is 5. The van der Waals surface area contributed by atoms with Crippen LogP contribution in [0.2, 0.25) is 0 Å². The first-order valence-corrected chi connectivity index (χ1v) is 9.39. The van der Waals surface area contributed by atoms with Crippen LogP contribution in [0.3, 0.4) is 0 Å². The summed E-state index contributed by atoms with van der Waals surface area (Å²) >= 11 is 0. The normalized spacial score (nSPS) is 24.5. The second kappa shape index (κ2) is 5.38. The van der Waals surface area contributed by atoms with Gasteiger partial charge in [0.25, 0.3) is 5.91 Å². The molecule has 5 rings (SSSR count). The Kier molecular flexibility index (Phi) is 3.27. The van der Waals surface area contributed by atoms with Crippen LogP contribution in [0, 0.1) is 10.8 Å². The van der Waals surface area contributed by atoms with Crippen molar-refractivity contribution in [2.75, 3.05) is 19.6 Å². The van der Waals surface area contributed by atoms with Crippen LogP contribution in [0.25, 0.3) is 0 Å². The Morgan fingerprint density at radius 3 is 2.63 bits per heavy atom. The molecule has 6 heteroatoms. The van der Waals surface area contributed by atoms with Crippen LogP contribution >= 0.6 is 0 Å². The first-order chi connectivity index (χ1) is 12.9. The Morgan fingerprint density at radius 1 is 1.15 bits per heavy atom. The molecule has 3 heterocycles. The molecule has 1 aromatic rings. The maximum absolute atomic E-state index is 13.1. The Bertz CT molecular complexity index is 950. The molecule has 6 nitrogen and oxygen atoms in total. The molecule has 27 heavy (non-hydrogen) atoms. The number of benzene rings is 1. The van der Waals surface area contributed by atoms with E-state index in [0.717, 1.165) is 29.1 Å². The number of hydrogen-bond donors (Lipinski definition) is 1. The van der Waals surface area contributed by atoms with Crippen LogP contribution < -0.4 is 5.32 Å². The second-order valence-corrected chi connectivity index (χ2v) is 8.76. The highest BCUT2D eigenvalue weighted by Crippen LogP contribution is 2.54. The van der Waals surface area contributed by atoms with Crippen LogP contribution in [-0.4, -0.2) is 36.2 Å². The highest BCUT2D eigenvalue weighted by Gasteiger charge is 2.58. The summed E-state index contributed by atoms with van der Waals surface area (Å²) in [5.41, 5.74) is 3.10. The van der Waals surface area contributed by atoms with Crippen molar-refractivity contribution in [1.82, 2.24) is 10.2 Å². The van der Waals surface area contributed by atoms with Gasteiger partial charge in [0.15, 0.2) is 11.6 Å². The molecule has 1 amide bonds. The number of carbonyl (C=O) groups is 2. The molecule has 0 atom stereocenters. The van der Waals surface area contributed by atoms with Crippen molar-refractivity contribution in [3.05, 3.63) is 58.6 Å². The quantitative estimate of drug-likeness (QED) is 0.834. The SMILES string of the molecule is CC1(C)CC(=O)C2=C(C1)NC1=C(CN=N1)C21CN(C(=O)c2ccccc2)C1. The summed E-state index contributed by atoms with van der Waals surface area (Å²) < 4.78 is 0. The van der Waals surface area contributed by atoms with Crippen LogP contribution in [0.1, 0.15) is 37.0 Å². The van der Waals surface area contributed by atoms with Gasteiger partial charge in [0.1, 0.15) is 0 Å². The maximum Gasteiger partial charge on any atom is 0.253 e. The van der Waals surface area contributed by atoms with Crippen LogP contribution in [0.15, 0.2) is 63.2 Å². The third kappa shape index (κ3) is 2.32. The molecule has 1 spiro atoms. The summed E-state index contributed by atoms with van der Waals surface area (Å²) in [6.45, 7) is 5.79. The van der Waals surface area contributed by atoms with Crippen molar-refractivity contribution in [1.29, 1.82) is 0 Å². The summed E-state index contributed by atoms with van der Waals surface area (Å²) in [6, 6.07) is 9.31. The Labute approximate surface area is 158 Å². The second-order valence-electron chi connectivity index (χ2n) is 8.76. The lowest BCUT2D eigenvalue weighted by atomic mass is 9.60. The summed E-state index contributed by atoms with van der Waals surface area (Å²) in [7, 11) is 0. The van der Waals surface area contributed by atoms with E-state index in [1.807, 2.05) is 35.2 Å². The number of rotatable bonds is 1. The Morgan fingerprint density at radius 2 is 1.89 bits per heavy atom. The lowest BCUT2D eigenvalue weighted by Gasteiger charge is -2.55. The molecule has 0 radical (unpaired) electrons. The number of nitrogens with one attached hydrogen (secondary N) is 1. The molecular weight excluding hydrogens is 340 g/mol. The monoisotopic (exact) mass is 362 g/mol. The lowest BCUT2D eigenvalue weighted by molar-refractivity contribution is -0.120. The summed E-state index contributed by atoms with van der Waals surface area (Å²) in [5, 5.41) is 11.8. The third-order valence-electron chi connectivity index (χ3n) is 6.12. The molecule has 3 aliphatic heterocycles. The number of likely N-dealkylation sites (tertiary alicyclic amines) is 1. The summed E-state index contributed by atoms with van der Waals surface area (Å²) in [6.07, 6.45) is 1.35. The number of allylic oxidation sites excluding steroid dienone is 1. The highest BCUT2D eigenvalue weighted by atomic mass is 16.2. The smallest absolute Gasteiger partial charge is 0.253 e. The van der Waals surface area contributed by atoms with Crippen LogP contribution in [0.5, 0.6) is 0 Å². The Balaban J connectivity index is 1.51. The van der Waals surface area contributed by atoms with Gasteiger partial charge in [-0.2, -0.15) is 5.11 Å². The molecule has 1 aliphatic carbocycles. The molecular formula is C21H22N4O2. The largest absolute Gasteiger partial charge is 0.342 e. The third-order valence-corrected chi connectivity index (χ3v) is 6.12. The van der Waals surface area contributed by atoms with Crippen LogP contribution in [-0.2, 0) is 4.79 Å². The van der Waals surface area contributed by atoms with E-state index >= 15 is 0 Å². The number of dihydropyridines is 1. The highest BCUT2D eigenvalue weighted by molar-refractivity contribution is 6.02. The van der Waals surface area contributed by atoms with Gasteiger partial charge in [-0.3, -0.25) is 9.59 Å². The fraction of sp³-hybridized carbons (Fsp3) is 0.429. The van der Waals surface area contributed by atoms with E-state index in [9.17, 15) is 9.59 Å². The summed E-state index contributed by atoms with van der Waals surface area (Å²) in [5.74, 6) is 0.990. The zero-order valence-corrected chi connectivity index (χ0v) is 15.6. The number of ketones is 1. The standard InChI is InChI=1S/C21H22N4O2/c1-20(2)8-15-17(16(26)9-20)21(14-10-22-24-18(14)23-15)11-25(12-21)19(27)13-6-4-3-5-7-13/h3-7,23H,8-12H2,1-2H3. The molecule has 1 aromatic carbocycles. The molecule has 1 N–H and O–H groups in total. The van der Waals surface area contributed by atoms with Gasteiger partial charge in [0.2, 0.25) is 0 Å². The zero-order valence-electron chi connectivity index (χ0n) is 15.6. The van der Waals surface area contributed by atoms with E-state index in [-0.39, 0.29) is 17.1 Å². The number of azo groups is 1. The zero-order chi connectivity index (χ0) is 18.8. The number of carbonyl (C=O) groups excluding carboxylic acids is 2. The van der Waals surface area contributed by atoms with Gasteiger partial charge in [-0.15, -0.1) is 5.11 Å². The van der Waals surface area contributed by atoms with E-state index in [1.54, 1.807) is 0 Å². The minimum absolute atomic E-state index is 0.0134. The molecule has 0 unspecified atom stereocenters. The van der Waals surface area contributed by atoms with E-state index in [0.29, 0.717) is 31.6 Å². The molecule has 4 aliphatic rings. The van der Waals surface area contributed by atoms with Crippen LogP contribution in [0.4, 0.5) is 0 Å². The number of amides is 1. The molecule has 0 bridgehead atoms.